The number of carbonyl (C=O) groups is 2. The Hall–Kier alpha value is -1.35. The van der Waals surface area contributed by atoms with Gasteiger partial charge in [0.25, 0.3) is 0 Å². The van der Waals surface area contributed by atoms with Gasteiger partial charge in [-0.2, -0.15) is 0 Å². The van der Waals surface area contributed by atoms with E-state index >= 15 is 0 Å². The number of hydrogen-bond donors (Lipinski definition) is 1. The molecule has 0 unspecified atom stereocenters. The van der Waals surface area contributed by atoms with E-state index in [1.54, 1.807) is 6.92 Å². The van der Waals surface area contributed by atoms with Crippen LogP contribution in [0.5, 0.6) is 0 Å². The summed E-state index contributed by atoms with van der Waals surface area (Å²) in [5.74, 6) is -0.842. The normalized spacial score (nSPS) is 15.7. The van der Waals surface area contributed by atoms with Crippen molar-refractivity contribution in [2.75, 3.05) is 26.2 Å². The summed E-state index contributed by atoms with van der Waals surface area (Å²) in [4.78, 5) is 25.3. The van der Waals surface area contributed by atoms with Crippen LogP contribution in [0.1, 0.15) is 19.8 Å². The summed E-state index contributed by atoms with van der Waals surface area (Å²) in [5.41, 5.74) is 0. The van der Waals surface area contributed by atoms with Crippen molar-refractivity contribution in [3.63, 3.8) is 0 Å². The van der Waals surface area contributed by atoms with Gasteiger partial charge in [0.15, 0.2) is 0 Å². The smallest absolute Gasteiger partial charge is 0.309 e. The summed E-state index contributed by atoms with van der Waals surface area (Å²) in [6.45, 7) is 2.43. The van der Waals surface area contributed by atoms with Crippen molar-refractivity contribution in [2.24, 2.45) is 5.92 Å². The van der Waals surface area contributed by atoms with E-state index in [9.17, 15) is 18.0 Å². The van der Waals surface area contributed by atoms with E-state index in [0.717, 1.165) is 0 Å². The number of esters is 1. The first-order chi connectivity index (χ1) is 12.2. The number of amides is 1. The molecule has 0 saturated carbocycles. The monoisotopic (exact) mass is 422 g/mol. The molecule has 10 heteroatoms. The number of benzene rings is 1. The maximum absolute atomic E-state index is 12.3. The van der Waals surface area contributed by atoms with Gasteiger partial charge in [0, 0.05) is 18.1 Å². The van der Waals surface area contributed by atoms with Crippen molar-refractivity contribution in [3.05, 3.63) is 28.2 Å². The zero-order chi connectivity index (χ0) is 19.3. The number of nitrogens with one attached hydrogen (secondary N) is 1. The van der Waals surface area contributed by atoms with Gasteiger partial charge < -0.3 is 9.64 Å². The highest BCUT2D eigenvalue weighted by Crippen LogP contribution is 2.25. The highest BCUT2D eigenvalue weighted by molar-refractivity contribution is 7.89. The summed E-state index contributed by atoms with van der Waals surface area (Å²) in [5, 5.41) is 0.242. The molecule has 1 aromatic rings. The first kappa shape index (κ1) is 21.0. The van der Waals surface area contributed by atoms with Gasteiger partial charge in [-0.25, -0.2) is 13.1 Å². The number of sulfonamides is 1. The number of rotatable bonds is 6. The number of carbonyl (C=O) groups excluding carboxylic acids is 2. The molecule has 0 bridgehead atoms. The maximum Gasteiger partial charge on any atom is 0.309 e. The van der Waals surface area contributed by atoms with E-state index in [1.807, 2.05) is 0 Å². The van der Waals surface area contributed by atoms with E-state index < -0.39 is 16.6 Å². The van der Waals surface area contributed by atoms with Crippen LogP contribution in [-0.2, 0) is 24.3 Å². The lowest BCUT2D eigenvalue weighted by Gasteiger charge is -2.31. The second-order valence-electron chi connectivity index (χ2n) is 5.81. The van der Waals surface area contributed by atoms with Crippen LogP contribution in [0.2, 0.25) is 10.0 Å². The van der Waals surface area contributed by atoms with Crippen molar-refractivity contribution in [3.8, 4) is 0 Å². The molecule has 144 valence electrons. The van der Waals surface area contributed by atoms with Crippen LogP contribution in [0, 0.1) is 5.92 Å². The number of halogens is 2. The molecule has 1 fully saturated rings. The molecule has 2 rings (SSSR count). The van der Waals surface area contributed by atoms with Crippen molar-refractivity contribution >= 4 is 45.1 Å². The molecule has 1 saturated heterocycles. The molecule has 1 N–H and O–H groups in total. The molecule has 0 radical (unpaired) electrons. The van der Waals surface area contributed by atoms with Crippen LogP contribution in [0.4, 0.5) is 0 Å². The standard InChI is InChI=1S/C16H20Cl2N2O5S/c1-2-25-16(22)11-5-7-20(8-6-11)15(21)10-19-26(23,24)14-9-12(17)3-4-13(14)18/h3-4,9,11,19H,2,5-8,10H2,1H3. The van der Waals surface area contributed by atoms with Crippen molar-refractivity contribution in [2.45, 2.75) is 24.7 Å². The third-order valence-electron chi connectivity index (χ3n) is 4.06. The summed E-state index contributed by atoms with van der Waals surface area (Å²) >= 11 is 11.7. The van der Waals surface area contributed by atoms with E-state index in [2.05, 4.69) is 4.72 Å². The van der Waals surface area contributed by atoms with Gasteiger partial charge in [0.05, 0.1) is 24.1 Å². The third kappa shape index (κ3) is 5.33. The zero-order valence-electron chi connectivity index (χ0n) is 14.2. The molecule has 1 aromatic carbocycles. The molecule has 0 aromatic heterocycles. The lowest BCUT2D eigenvalue weighted by Crippen LogP contribution is -2.45. The second-order valence-corrected chi connectivity index (χ2v) is 8.39. The highest BCUT2D eigenvalue weighted by Gasteiger charge is 2.29. The topological polar surface area (TPSA) is 92.8 Å². The maximum atomic E-state index is 12.3. The van der Waals surface area contributed by atoms with E-state index in [1.165, 1.54) is 23.1 Å². The largest absolute Gasteiger partial charge is 0.466 e. The van der Waals surface area contributed by atoms with E-state index in [4.69, 9.17) is 27.9 Å². The molecule has 26 heavy (non-hydrogen) atoms. The lowest BCUT2D eigenvalue weighted by molar-refractivity contribution is -0.151. The molecule has 1 amide bonds. The van der Waals surface area contributed by atoms with Crippen LogP contribution in [0.3, 0.4) is 0 Å². The first-order valence-electron chi connectivity index (χ1n) is 8.13. The Kier molecular flexibility index (Phi) is 7.28. The first-order valence-corrected chi connectivity index (χ1v) is 10.4. The fourth-order valence-electron chi connectivity index (χ4n) is 2.65. The lowest BCUT2D eigenvalue weighted by atomic mass is 9.97. The molecule has 1 aliphatic rings. The average Bonchev–Trinajstić information content (AvgIpc) is 2.62. The van der Waals surface area contributed by atoms with Gasteiger partial charge in [-0.15, -0.1) is 0 Å². The Labute approximate surface area is 162 Å². The minimum Gasteiger partial charge on any atom is -0.466 e. The van der Waals surface area contributed by atoms with Crippen LogP contribution >= 0.6 is 23.2 Å². The van der Waals surface area contributed by atoms with Crippen LogP contribution in [0.25, 0.3) is 0 Å². The Morgan fingerprint density at radius 3 is 2.54 bits per heavy atom. The van der Waals surface area contributed by atoms with Gasteiger partial charge in [-0.3, -0.25) is 9.59 Å². The SMILES string of the molecule is CCOC(=O)C1CCN(C(=O)CNS(=O)(=O)c2cc(Cl)ccc2Cl)CC1. The zero-order valence-corrected chi connectivity index (χ0v) is 16.5. The minimum absolute atomic E-state index is 0.0181. The summed E-state index contributed by atoms with van der Waals surface area (Å²) < 4.78 is 31.9. The molecular formula is C16H20Cl2N2O5S. The number of ether oxygens (including phenoxy) is 1. The molecule has 0 aliphatic carbocycles. The second kappa shape index (κ2) is 9.03. The Morgan fingerprint density at radius 1 is 1.27 bits per heavy atom. The van der Waals surface area contributed by atoms with Gasteiger partial charge in [0.2, 0.25) is 15.9 Å². The molecule has 0 atom stereocenters. The van der Waals surface area contributed by atoms with E-state index in [0.29, 0.717) is 32.5 Å². The van der Waals surface area contributed by atoms with Crippen molar-refractivity contribution in [1.82, 2.24) is 9.62 Å². The van der Waals surface area contributed by atoms with Gasteiger partial charge in [-0.1, -0.05) is 23.2 Å². The fourth-order valence-corrected chi connectivity index (χ4v) is 4.39. The number of nitrogens with zero attached hydrogens (tertiary/aromatic N) is 1. The predicted molar refractivity (Wildman–Crippen MR) is 97.6 cm³/mol. The quantitative estimate of drug-likeness (QED) is 0.708. The van der Waals surface area contributed by atoms with Crippen LogP contribution in [0.15, 0.2) is 23.1 Å². The van der Waals surface area contributed by atoms with Gasteiger partial charge >= 0.3 is 5.97 Å². The predicted octanol–water partition coefficient (Wildman–Crippen LogP) is 2.07. The number of hydrogen-bond acceptors (Lipinski definition) is 5. The summed E-state index contributed by atoms with van der Waals surface area (Å²) in [7, 11) is -3.97. The Bertz CT molecular complexity index is 777. The van der Waals surface area contributed by atoms with E-state index in [-0.39, 0.29) is 32.7 Å². The van der Waals surface area contributed by atoms with Gasteiger partial charge in [-0.05, 0) is 38.0 Å². The molecule has 7 nitrogen and oxygen atoms in total. The third-order valence-corrected chi connectivity index (χ3v) is 6.18. The summed E-state index contributed by atoms with van der Waals surface area (Å²) in [6, 6.07) is 4.07. The number of piperidine rings is 1. The Balaban J connectivity index is 1.91. The molecule has 1 heterocycles. The van der Waals surface area contributed by atoms with Crippen molar-refractivity contribution in [1.29, 1.82) is 0 Å². The molecular weight excluding hydrogens is 403 g/mol. The van der Waals surface area contributed by atoms with Gasteiger partial charge in [0.1, 0.15) is 4.90 Å². The van der Waals surface area contributed by atoms with Crippen molar-refractivity contribution < 1.29 is 22.7 Å². The van der Waals surface area contributed by atoms with Crippen LogP contribution in [-0.4, -0.2) is 51.4 Å². The summed E-state index contributed by atoms with van der Waals surface area (Å²) in [6.07, 6.45) is 0.995. The Morgan fingerprint density at radius 2 is 1.92 bits per heavy atom. The van der Waals surface area contributed by atoms with Crippen LogP contribution < -0.4 is 4.72 Å². The number of likely N-dealkylation sites (tertiary alicyclic amines) is 1. The average molecular weight is 423 g/mol. The minimum atomic E-state index is -3.97. The molecule has 1 aliphatic heterocycles. The molecule has 0 spiro atoms. The fraction of sp³-hybridized carbons (Fsp3) is 0.500. The highest BCUT2D eigenvalue weighted by atomic mass is 35.5.